The van der Waals surface area contributed by atoms with Crippen LogP contribution in [0.1, 0.15) is 23.5 Å². The Kier molecular flexibility index (Phi) is 3.18. The van der Waals surface area contributed by atoms with Crippen molar-refractivity contribution in [3.8, 4) is 0 Å². The molecule has 0 bridgehead atoms. The molecular formula is C15H18N4O. The van der Waals surface area contributed by atoms with Crippen molar-refractivity contribution in [2.75, 3.05) is 5.73 Å². The van der Waals surface area contributed by atoms with Crippen molar-refractivity contribution in [3.05, 3.63) is 47.7 Å². The maximum atomic E-state index is 12.1. The van der Waals surface area contributed by atoms with E-state index in [9.17, 15) is 4.79 Å². The van der Waals surface area contributed by atoms with Gasteiger partial charge in [-0.25, -0.2) is 0 Å². The summed E-state index contributed by atoms with van der Waals surface area (Å²) in [6, 6.07) is 10.2. The molecule has 5 heteroatoms. The molecule has 1 heterocycles. The topological polar surface area (TPSA) is 72.9 Å². The number of hydrogen-bond donors (Lipinski definition) is 2. The molecule has 3 N–H and O–H groups in total. The first-order chi connectivity index (χ1) is 9.66. The second-order valence-electron chi connectivity index (χ2n) is 5.26. The first-order valence-electron chi connectivity index (χ1n) is 6.76. The highest BCUT2D eigenvalue weighted by Crippen LogP contribution is 2.47. The minimum Gasteiger partial charge on any atom is -0.384 e. The van der Waals surface area contributed by atoms with E-state index in [0.29, 0.717) is 18.3 Å². The largest absolute Gasteiger partial charge is 0.384 e. The zero-order valence-corrected chi connectivity index (χ0v) is 11.4. The van der Waals surface area contributed by atoms with Gasteiger partial charge in [-0.05, 0) is 17.9 Å². The van der Waals surface area contributed by atoms with E-state index in [1.807, 2.05) is 18.2 Å². The number of hydrogen-bond acceptors (Lipinski definition) is 3. The number of nitrogens with two attached hydrogens (primary N) is 1. The van der Waals surface area contributed by atoms with Gasteiger partial charge in [0.1, 0.15) is 5.82 Å². The Morgan fingerprint density at radius 2 is 2.20 bits per heavy atom. The van der Waals surface area contributed by atoms with Gasteiger partial charge in [-0.2, -0.15) is 5.10 Å². The number of rotatable bonds is 4. The van der Waals surface area contributed by atoms with Crippen LogP contribution in [0, 0.1) is 5.92 Å². The van der Waals surface area contributed by atoms with E-state index in [0.717, 1.165) is 12.0 Å². The van der Waals surface area contributed by atoms with Crippen molar-refractivity contribution < 1.29 is 4.79 Å². The van der Waals surface area contributed by atoms with E-state index >= 15 is 0 Å². The van der Waals surface area contributed by atoms with Crippen molar-refractivity contribution in [1.29, 1.82) is 0 Å². The van der Waals surface area contributed by atoms with Crippen LogP contribution in [0.25, 0.3) is 0 Å². The molecule has 20 heavy (non-hydrogen) atoms. The number of nitrogens with one attached hydrogen (secondary N) is 1. The third kappa shape index (κ3) is 2.39. The average molecular weight is 270 g/mol. The van der Waals surface area contributed by atoms with Crippen LogP contribution < -0.4 is 11.1 Å². The summed E-state index contributed by atoms with van der Waals surface area (Å²) in [5.41, 5.74) is 7.95. The van der Waals surface area contributed by atoms with E-state index in [1.54, 1.807) is 17.9 Å². The third-order valence-electron chi connectivity index (χ3n) is 3.87. The highest BCUT2D eigenvalue weighted by molar-refractivity contribution is 5.82. The molecule has 5 nitrogen and oxygen atoms in total. The molecule has 2 atom stereocenters. The fourth-order valence-electron chi connectivity index (χ4n) is 2.50. The SMILES string of the molecule is Cn1ncc(CNC(=O)C2CC2c2ccccc2)c1N. The predicted molar refractivity (Wildman–Crippen MR) is 76.8 cm³/mol. The number of benzene rings is 1. The molecular weight excluding hydrogens is 252 g/mol. The Balaban J connectivity index is 1.55. The van der Waals surface area contributed by atoms with Gasteiger partial charge in [0, 0.05) is 25.1 Å². The first-order valence-corrected chi connectivity index (χ1v) is 6.76. The lowest BCUT2D eigenvalue weighted by molar-refractivity contribution is -0.122. The van der Waals surface area contributed by atoms with Crippen molar-refractivity contribution in [2.24, 2.45) is 13.0 Å². The average Bonchev–Trinajstić information content (AvgIpc) is 3.21. The van der Waals surface area contributed by atoms with Gasteiger partial charge in [0.05, 0.1) is 6.20 Å². The molecule has 1 fully saturated rings. The Morgan fingerprint density at radius 1 is 1.45 bits per heavy atom. The highest BCUT2D eigenvalue weighted by Gasteiger charge is 2.43. The lowest BCUT2D eigenvalue weighted by atomic mass is 10.1. The summed E-state index contributed by atoms with van der Waals surface area (Å²) in [5.74, 6) is 1.15. The lowest BCUT2D eigenvalue weighted by Gasteiger charge is -2.05. The van der Waals surface area contributed by atoms with E-state index in [4.69, 9.17) is 5.73 Å². The minimum atomic E-state index is 0.0929. The molecule has 104 valence electrons. The van der Waals surface area contributed by atoms with E-state index in [2.05, 4.69) is 22.5 Å². The van der Waals surface area contributed by atoms with Gasteiger partial charge in [0.15, 0.2) is 0 Å². The number of carbonyl (C=O) groups is 1. The second kappa shape index (κ2) is 5.00. The van der Waals surface area contributed by atoms with Crippen LogP contribution in [0.2, 0.25) is 0 Å². The lowest BCUT2D eigenvalue weighted by Crippen LogP contribution is -2.25. The van der Waals surface area contributed by atoms with Gasteiger partial charge >= 0.3 is 0 Å². The Hall–Kier alpha value is -2.30. The molecule has 1 aromatic heterocycles. The molecule has 2 unspecified atom stereocenters. The number of anilines is 1. The second-order valence-corrected chi connectivity index (χ2v) is 5.26. The number of nitrogens with zero attached hydrogens (tertiary/aromatic N) is 2. The number of aromatic nitrogens is 2. The zero-order valence-electron chi connectivity index (χ0n) is 11.4. The van der Waals surface area contributed by atoms with Gasteiger partial charge < -0.3 is 11.1 Å². The van der Waals surface area contributed by atoms with Crippen molar-refractivity contribution in [2.45, 2.75) is 18.9 Å². The summed E-state index contributed by atoms with van der Waals surface area (Å²) in [7, 11) is 1.78. The van der Waals surface area contributed by atoms with Crippen LogP contribution in [-0.2, 0) is 18.4 Å². The summed E-state index contributed by atoms with van der Waals surface area (Å²) in [4.78, 5) is 12.1. The fraction of sp³-hybridized carbons (Fsp3) is 0.333. The smallest absolute Gasteiger partial charge is 0.224 e. The van der Waals surface area contributed by atoms with Crippen LogP contribution in [0.4, 0.5) is 5.82 Å². The fourth-order valence-corrected chi connectivity index (χ4v) is 2.50. The Labute approximate surface area is 117 Å². The summed E-state index contributed by atoms with van der Waals surface area (Å²) < 4.78 is 1.60. The number of nitrogen functional groups attached to an aromatic ring is 1. The van der Waals surface area contributed by atoms with Gasteiger partial charge in [0.2, 0.25) is 5.91 Å². The monoisotopic (exact) mass is 270 g/mol. The predicted octanol–water partition coefficient (Wildman–Crippen LogP) is 1.42. The molecule has 3 rings (SSSR count). The zero-order chi connectivity index (χ0) is 14.1. The molecule has 1 amide bonds. The maximum absolute atomic E-state index is 12.1. The van der Waals surface area contributed by atoms with Gasteiger partial charge in [-0.1, -0.05) is 30.3 Å². The number of aryl methyl sites for hydroxylation is 1. The number of amides is 1. The first kappa shape index (κ1) is 12.7. The molecule has 1 aliphatic rings. The Bertz CT molecular complexity index is 620. The van der Waals surface area contributed by atoms with Crippen LogP contribution in [0.5, 0.6) is 0 Å². The third-order valence-corrected chi connectivity index (χ3v) is 3.87. The van der Waals surface area contributed by atoms with E-state index < -0.39 is 0 Å². The molecule has 1 aromatic carbocycles. The van der Waals surface area contributed by atoms with Crippen LogP contribution in [0.3, 0.4) is 0 Å². The molecule has 2 aromatic rings. The Morgan fingerprint density at radius 3 is 2.85 bits per heavy atom. The van der Waals surface area contributed by atoms with Crippen LogP contribution in [-0.4, -0.2) is 15.7 Å². The quantitative estimate of drug-likeness (QED) is 0.882. The molecule has 0 saturated heterocycles. The van der Waals surface area contributed by atoms with Crippen LogP contribution in [0.15, 0.2) is 36.5 Å². The highest BCUT2D eigenvalue weighted by atomic mass is 16.2. The van der Waals surface area contributed by atoms with E-state index in [-0.39, 0.29) is 11.8 Å². The maximum Gasteiger partial charge on any atom is 0.224 e. The van der Waals surface area contributed by atoms with Gasteiger partial charge in [-0.3, -0.25) is 9.48 Å². The normalized spacial score (nSPS) is 20.6. The van der Waals surface area contributed by atoms with Crippen molar-refractivity contribution in [1.82, 2.24) is 15.1 Å². The molecule has 0 aliphatic heterocycles. The van der Waals surface area contributed by atoms with Crippen molar-refractivity contribution >= 4 is 11.7 Å². The van der Waals surface area contributed by atoms with Crippen molar-refractivity contribution in [3.63, 3.8) is 0 Å². The van der Waals surface area contributed by atoms with E-state index in [1.165, 1.54) is 5.56 Å². The molecule has 0 radical (unpaired) electrons. The summed E-state index contributed by atoms with van der Waals surface area (Å²) >= 11 is 0. The molecule has 0 spiro atoms. The van der Waals surface area contributed by atoms with Gasteiger partial charge in [-0.15, -0.1) is 0 Å². The van der Waals surface area contributed by atoms with Crippen LogP contribution >= 0.6 is 0 Å². The summed E-state index contributed by atoms with van der Waals surface area (Å²) in [6.45, 7) is 0.441. The summed E-state index contributed by atoms with van der Waals surface area (Å²) in [5, 5.41) is 7.00. The molecule has 1 saturated carbocycles. The standard InChI is InChI=1S/C15H18N4O/c1-19-14(16)11(9-18-19)8-17-15(20)13-7-12(13)10-5-3-2-4-6-10/h2-6,9,12-13H,7-8,16H2,1H3,(H,17,20). The molecule has 1 aliphatic carbocycles. The number of carbonyl (C=O) groups excluding carboxylic acids is 1. The van der Waals surface area contributed by atoms with Gasteiger partial charge in [0.25, 0.3) is 0 Å². The minimum absolute atomic E-state index is 0.0929. The summed E-state index contributed by atoms with van der Waals surface area (Å²) in [6.07, 6.45) is 2.62.